The van der Waals surface area contributed by atoms with Crippen molar-refractivity contribution < 1.29 is 32.6 Å². The third-order valence-electron chi connectivity index (χ3n) is 7.92. The molecule has 1 heterocycles. The van der Waals surface area contributed by atoms with Crippen molar-refractivity contribution in [2.75, 3.05) is 20.1 Å². The van der Waals surface area contributed by atoms with Crippen molar-refractivity contribution >= 4 is 33.9 Å². The third-order valence-corrected chi connectivity index (χ3v) is 9.55. The number of guanidine groups is 1. The molecule has 6 N–H and O–H groups in total. The van der Waals surface area contributed by atoms with Crippen molar-refractivity contribution in [1.29, 1.82) is 0 Å². The Kier molecular flexibility index (Phi) is 11.1. The molecule has 3 amide bonds. The number of ether oxygens (including phenoxy) is 1. The molecule has 2 aromatic carbocycles. The van der Waals surface area contributed by atoms with Gasteiger partial charge in [-0.3, -0.25) is 14.6 Å². The molecule has 0 fully saturated rings. The highest BCUT2D eigenvalue weighted by Crippen LogP contribution is 2.43. The lowest BCUT2D eigenvalue weighted by Crippen LogP contribution is -2.50. The van der Waals surface area contributed by atoms with Gasteiger partial charge < -0.3 is 31.1 Å². The second-order valence-corrected chi connectivity index (χ2v) is 13.6. The van der Waals surface area contributed by atoms with Gasteiger partial charge in [-0.2, -0.15) is 0 Å². The number of carboxylic acid groups (broad SMARTS) is 1. The summed E-state index contributed by atoms with van der Waals surface area (Å²) in [6.07, 6.45) is -0.115. The van der Waals surface area contributed by atoms with Crippen molar-refractivity contribution in [3.05, 3.63) is 58.1 Å². The van der Waals surface area contributed by atoms with Gasteiger partial charge in [-0.1, -0.05) is 18.2 Å². The first kappa shape index (κ1) is 35.2. The first-order chi connectivity index (χ1) is 20.9. The molecule has 1 aliphatic heterocycles. The van der Waals surface area contributed by atoms with Crippen LogP contribution in [0.2, 0.25) is 0 Å². The van der Waals surface area contributed by atoms with Crippen LogP contribution in [0.4, 0.5) is 4.79 Å². The average Bonchev–Trinajstić information content (AvgIpc) is 3.31. The highest BCUT2D eigenvalue weighted by molar-refractivity contribution is 7.90. The molecule has 246 valence electrons. The van der Waals surface area contributed by atoms with Crippen molar-refractivity contribution in [3.63, 3.8) is 0 Å². The molecule has 2 atom stereocenters. The number of hydrogen-bond acceptors (Lipinski definition) is 7. The number of nitrogens with one attached hydrogen (secondary N) is 3. The lowest BCUT2D eigenvalue weighted by molar-refractivity contribution is -0.123. The van der Waals surface area contributed by atoms with E-state index in [2.05, 4.69) is 20.3 Å². The summed E-state index contributed by atoms with van der Waals surface area (Å²) >= 11 is 0. The molecular weight excluding hydrogens is 600 g/mol. The molecule has 13 nitrogen and oxygen atoms in total. The highest BCUT2D eigenvalue weighted by atomic mass is 32.2. The molecule has 1 unspecified atom stereocenters. The number of benzene rings is 2. The van der Waals surface area contributed by atoms with Crippen LogP contribution >= 0.6 is 0 Å². The van der Waals surface area contributed by atoms with Crippen molar-refractivity contribution in [2.24, 2.45) is 10.7 Å². The van der Waals surface area contributed by atoms with Gasteiger partial charge in [0.05, 0.1) is 4.90 Å². The number of likely N-dealkylation sites (N-methyl/N-ethyl adjacent to an activating group) is 1. The minimum atomic E-state index is -4.07. The number of carbonyl (C=O) groups excluding carboxylic acids is 2. The van der Waals surface area contributed by atoms with Crippen molar-refractivity contribution in [1.82, 2.24) is 20.3 Å². The lowest BCUT2D eigenvalue weighted by atomic mass is 9.94. The Balaban J connectivity index is 1.69. The first-order valence-corrected chi connectivity index (χ1v) is 16.2. The summed E-state index contributed by atoms with van der Waals surface area (Å²) < 4.78 is 35.4. The van der Waals surface area contributed by atoms with Crippen LogP contribution in [-0.2, 0) is 21.2 Å². The summed E-state index contributed by atoms with van der Waals surface area (Å²) in [5.74, 6) is -0.528. The fourth-order valence-corrected chi connectivity index (χ4v) is 6.68. The minimum absolute atomic E-state index is 0.0385. The number of sulfonamides is 1. The van der Waals surface area contributed by atoms with Crippen molar-refractivity contribution in [2.45, 2.75) is 83.4 Å². The minimum Gasteiger partial charge on any atom is -0.487 e. The van der Waals surface area contributed by atoms with Gasteiger partial charge in [0.1, 0.15) is 17.4 Å². The second-order valence-electron chi connectivity index (χ2n) is 11.9. The van der Waals surface area contributed by atoms with Gasteiger partial charge in [0.15, 0.2) is 0 Å². The maximum atomic E-state index is 13.4. The van der Waals surface area contributed by atoms with Crippen LogP contribution in [0, 0.1) is 20.8 Å². The Hall–Kier alpha value is -4.33. The number of carbonyl (C=O) groups is 3. The smallest absolute Gasteiger partial charge is 0.407 e. The van der Waals surface area contributed by atoms with E-state index < -0.39 is 45.6 Å². The molecule has 0 saturated carbocycles. The van der Waals surface area contributed by atoms with Crippen LogP contribution < -0.4 is 25.8 Å². The van der Waals surface area contributed by atoms with Gasteiger partial charge in [0.2, 0.25) is 11.9 Å². The monoisotopic (exact) mass is 644 g/mol. The van der Waals surface area contributed by atoms with E-state index in [1.807, 2.05) is 20.8 Å². The fraction of sp³-hybridized carbons (Fsp3) is 0.484. The number of hydrogen-bond donors (Lipinski definition) is 5. The topological polar surface area (TPSA) is 193 Å². The maximum Gasteiger partial charge on any atom is 0.407 e. The van der Waals surface area contributed by atoms with E-state index in [1.165, 1.54) is 7.05 Å². The fourth-order valence-electron chi connectivity index (χ4n) is 5.16. The Labute approximate surface area is 264 Å². The zero-order valence-electron chi connectivity index (χ0n) is 26.9. The molecule has 2 aromatic rings. The molecule has 0 bridgehead atoms. The zero-order valence-corrected chi connectivity index (χ0v) is 27.7. The van der Waals surface area contributed by atoms with Crippen LogP contribution in [0.5, 0.6) is 5.75 Å². The molecule has 1 aliphatic rings. The SMILES string of the molecule is Cc1c(C)c(S(=O)(=O)NC(N)=NCCC[C@H](NC(=O)c2ccccc2)C(=O)NCC(C)N(C)C(=O)O)c(C)c2c1OC(C)(C)C2. The molecule has 0 aromatic heterocycles. The van der Waals surface area contributed by atoms with Gasteiger partial charge in [-0.05, 0) is 83.2 Å². The van der Waals surface area contributed by atoms with Gasteiger partial charge >= 0.3 is 6.09 Å². The summed E-state index contributed by atoms with van der Waals surface area (Å²) in [6.45, 7) is 11.0. The average molecular weight is 645 g/mol. The summed E-state index contributed by atoms with van der Waals surface area (Å²) in [4.78, 5) is 42.4. The predicted octanol–water partition coefficient (Wildman–Crippen LogP) is 2.61. The number of amides is 3. The quantitative estimate of drug-likeness (QED) is 0.132. The molecule has 45 heavy (non-hydrogen) atoms. The van der Waals surface area contributed by atoms with Gasteiger partial charge in [0, 0.05) is 43.7 Å². The third kappa shape index (κ3) is 8.65. The Morgan fingerprint density at radius 3 is 2.38 bits per heavy atom. The first-order valence-electron chi connectivity index (χ1n) is 14.7. The number of nitrogens with two attached hydrogens (primary N) is 1. The molecule has 0 aliphatic carbocycles. The van der Waals surface area contributed by atoms with Crippen LogP contribution in [-0.4, -0.2) is 80.1 Å². The number of fused-ring (bicyclic) bond motifs is 1. The van der Waals surface area contributed by atoms with E-state index >= 15 is 0 Å². The Morgan fingerprint density at radius 1 is 1.11 bits per heavy atom. The molecular formula is C31H44N6O7S. The van der Waals surface area contributed by atoms with E-state index in [1.54, 1.807) is 51.1 Å². The van der Waals surface area contributed by atoms with Crippen LogP contribution in [0.25, 0.3) is 0 Å². The standard InChI is InChI=1S/C31H44N6O7S/c1-18(37(7)30(40)41)17-34-28(39)24(35-27(38)22-12-9-8-10-13-22)14-11-15-33-29(32)36-45(42,43)26-20(3)19(2)25-23(21(26)4)16-31(5,6)44-25/h8-10,12-13,18,24H,11,14-17H2,1-7H3,(H,34,39)(H,35,38)(H,40,41)(H3,32,33,36)/t18?,24-/m0/s1. The summed E-state index contributed by atoms with van der Waals surface area (Å²) in [6, 6.07) is 6.94. The van der Waals surface area contributed by atoms with Gasteiger partial charge in [-0.15, -0.1) is 0 Å². The number of aliphatic imine (C=N–C) groups is 1. The van der Waals surface area contributed by atoms with E-state index in [-0.39, 0.29) is 36.8 Å². The lowest BCUT2D eigenvalue weighted by Gasteiger charge is -2.24. The summed E-state index contributed by atoms with van der Waals surface area (Å²) in [7, 11) is -2.68. The maximum absolute atomic E-state index is 13.4. The van der Waals surface area contributed by atoms with Gasteiger partial charge in [-0.25, -0.2) is 17.9 Å². The highest BCUT2D eigenvalue weighted by Gasteiger charge is 2.36. The van der Waals surface area contributed by atoms with E-state index in [0.717, 1.165) is 21.8 Å². The van der Waals surface area contributed by atoms with E-state index in [9.17, 15) is 27.9 Å². The number of nitrogens with zero attached hydrogens (tertiary/aromatic N) is 2. The molecule has 0 radical (unpaired) electrons. The summed E-state index contributed by atoms with van der Waals surface area (Å²) in [5, 5.41) is 14.6. The van der Waals surface area contributed by atoms with Crippen LogP contribution in [0.15, 0.2) is 40.2 Å². The Bertz CT molecular complexity index is 1570. The van der Waals surface area contributed by atoms with Gasteiger partial charge in [0.25, 0.3) is 15.9 Å². The van der Waals surface area contributed by atoms with E-state index in [4.69, 9.17) is 10.5 Å². The largest absolute Gasteiger partial charge is 0.487 e. The Morgan fingerprint density at radius 2 is 1.76 bits per heavy atom. The predicted molar refractivity (Wildman–Crippen MR) is 171 cm³/mol. The summed E-state index contributed by atoms with van der Waals surface area (Å²) in [5.41, 5.74) is 8.69. The normalized spacial score (nSPS) is 15.3. The molecule has 3 rings (SSSR count). The molecule has 0 saturated heterocycles. The van der Waals surface area contributed by atoms with Crippen LogP contribution in [0.3, 0.4) is 0 Å². The van der Waals surface area contributed by atoms with Crippen LogP contribution in [0.1, 0.15) is 66.2 Å². The number of rotatable bonds is 12. The van der Waals surface area contributed by atoms with E-state index in [0.29, 0.717) is 23.1 Å². The zero-order chi connectivity index (χ0) is 33.7. The molecule has 14 heteroatoms. The second kappa shape index (κ2) is 14.2. The molecule has 0 spiro atoms. The van der Waals surface area contributed by atoms with Crippen molar-refractivity contribution in [3.8, 4) is 5.75 Å².